The molecule has 0 aromatic carbocycles. The lowest BCUT2D eigenvalue weighted by atomic mass is 9.84. The van der Waals surface area contributed by atoms with Gasteiger partial charge >= 0.3 is 6.09 Å². The molecule has 6 N–H and O–H groups in total. The SMILES string of the molecule is CC1(C)CC(CC(NC(=O)[C@H](CC2CCCCC2)NC(=O)O)C(O)C(=O)NC2CC2)C(=O)N1. The molecule has 2 saturated carbocycles. The lowest BCUT2D eigenvalue weighted by Gasteiger charge is -2.30. The van der Waals surface area contributed by atoms with Crippen LogP contribution < -0.4 is 21.3 Å². The first-order chi connectivity index (χ1) is 15.5. The third-order valence-corrected chi connectivity index (χ3v) is 6.94. The molecule has 0 aromatic heterocycles. The molecule has 4 amide bonds. The van der Waals surface area contributed by atoms with Crippen LogP contribution in [0, 0.1) is 11.8 Å². The predicted octanol–water partition coefficient (Wildman–Crippen LogP) is 1.02. The van der Waals surface area contributed by atoms with Gasteiger partial charge in [-0.3, -0.25) is 14.4 Å². The van der Waals surface area contributed by atoms with Crippen molar-refractivity contribution in [3.05, 3.63) is 0 Å². The number of carbonyl (C=O) groups is 4. The van der Waals surface area contributed by atoms with Crippen LogP contribution in [0.4, 0.5) is 4.79 Å². The number of amides is 4. The van der Waals surface area contributed by atoms with Crippen molar-refractivity contribution in [1.29, 1.82) is 0 Å². The number of aliphatic hydroxyl groups excluding tert-OH is 1. The van der Waals surface area contributed by atoms with Gasteiger partial charge in [0, 0.05) is 17.5 Å². The summed E-state index contributed by atoms with van der Waals surface area (Å²) in [7, 11) is 0. The Hall–Kier alpha value is -2.36. The molecule has 186 valence electrons. The van der Waals surface area contributed by atoms with E-state index in [1.165, 1.54) is 0 Å². The molecule has 0 aromatic rings. The average molecular weight is 467 g/mol. The van der Waals surface area contributed by atoms with Crippen LogP contribution in [0.25, 0.3) is 0 Å². The van der Waals surface area contributed by atoms with Gasteiger partial charge in [-0.2, -0.15) is 0 Å². The van der Waals surface area contributed by atoms with Crippen molar-refractivity contribution in [3.8, 4) is 0 Å². The highest BCUT2D eigenvalue weighted by Gasteiger charge is 2.42. The minimum absolute atomic E-state index is 0.0324. The second-order valence-corrected chi connectivity index (χ2v) is 10.6. The summed E-state index contributed by atoms with van der Waals surface area (Å²) in [4.78, 5) is 49.5. The number of carboxylic acid groups (broad SMARTS) is 1. The van der Waals surface area contributed by atoms with Gasteiger partial charge in [0.2, 0.25) is 11.8 Å². The highest BCUT2D eigenvalue weighted by Crippen LogP contribution is 2.30. The minimum Gasteiger partial charge on any atom is -0.465 e. The second-order valence-electron chi connectivity index (χ2n) is 10.6. The first kappa shape index (κ1) is 25.3. The highest BCUT2D eigenvalue weighted by atomic mass is 16.4. The third kappa shape index (κ3) is 7.58. The molecule has 0 radical (unpaired) electrons. The fourth-order valence-corrected chi connectivity index (χ4v) is 5.08. The molecule has 3 fully saturated rings. The molecule has 10 nitrogen and oxygen atoms in total. The maximum atomic E-state index is 13.1. The van der Waals surface area contributed by atoms with E-state index >= 15 is 0 Å². The Morgan fingerprint density at radius 1 is 1.03 bits per heavy atom. The summed E-state index contributed by atoms with van der Waals surface area (Å²) < 4.78 is 0. The zero-order valence-corrected chi connectivity index (χ0v) is 19.6. The van der Waals surface area contributed by atoms with Crippen molar-refractivity contribution in [2.24, 2.45) is 11.8 Å². The van der Waals surface area contributed by atoms with Crippen LogP contribution in [-0.4, -0.2) is 63.8 Å². The van der Waals surface area contributed by atoms with Crippen molar-refractivity contribution in [1.82, 2.24) is 21.3 Å². The fourth-order valence-electron chi connectivity index (χ4n) is 5.08. The Labute approximate surface area is 194 Å². The number of hydrogen-bond acceptors (Lipinski definition) is 5. The monoisotopic (exact) mass is 466 g/mol. The van der Waals surface area contributed by atoms with E-state index in [1.54, 1.807) is 0 Å². The Morgan fingerprint density at radius 3 is 2.24 bits per heavy atom. The summed E-state index contributed by atoms with van der Waals surface area (Å²) in [5.74, 6) is -1.59. The van der Waals surface area contributed by atoms with Crippen LogP contribution in [-0.2, 0) is 14.4 Å². The van der Waals surface area contributed by atoms with Gasteiger partial charge in [0.15, 0.2) is 6.10 Å². The summed E-state index contributed by atoms with van der Waals surface area (Å²) >= 11 is 0. The molecule has 3 aliphatic rings. The van der Waals surface area contributed by atoms with E-state index in [2.05, 4.69) is 21.3 Å². The molecular weight excluding hydrogens is 428 g/mol. The van der Waals surface area contributed by atoms with Gasteiger partial charge in [-0.15, -0.1) is 0 Å². The van der Waals surface area contributed by atoms with Crippen molar-refractivity contribution in [2.75, 3.05) is 0 Å². The minimum atomic E-state index is -1.54. The number of rotatable bonds is 10. The molecule has 1 aliphatic heterocycles. The number of carbonyl (C=O) groups excluding carboxylic acids is 3. The maximum absolute atomic E-state index is 13.1. The van der Waals surface area contributed by atoms with Crippen LogP contribution in [0.15, 0.2) is 0 Å². The van der Waals surface area contributed by atoms with Crippen LogP contribution in [0.1, 0.15) is 78.1 Å². The fraction of sp³-hybridized carbons (Fsp3) is 0.826. The van der Waals surface area contributed by atoms with Crippen molar-refractivity contribution >= 4 is 23.8 Å². The third-order valence-electron chi connectivity index (χ3n) is 6.94. The zero-order chi connectivity index (χ0) is 24.2. The van der Waals surface area contributed by atoms with Gasteiger partial charge in [-0.1, -0.05) is 32.1 Å². The highest BCUT2D eigenvalue weighted by molar-refractivity contribution is 5.88. The molecule has 3 unspecified atom stereocenters. The van der Waals surface area contributed by atoms with Gasteiger partial charge in [0.05, 0.1) is 6.04 Å². The number of aliphatic hydroxyl groups is 1. The summed E-state index contributed by atoms with van der Waals surface area (Å²) in [6.07, 6.45) is 4.96. The molecule has 1 saturated heterocycles. The molecule has 4 atom stereocenters. The van der Waals surface area contributed by atoms with E-state index in [9.17, 15) is 29.4 Å². The van der Waals surface area contributed by atoms with Crippen molar-refractivity contribution in [3.63, 3.8) is 0 Å². The largest absolute Gasteiger partial charge is 0.465 e. The van der Waals surface area contributed by atoms with E-state index in [0.717, 1.165) is 44.9 Å². The van der Waals surface area contributed by atoms with E-state index in [-0.39, 0.29) is 24.3 Å². The Bertz CT molecular complexity index is 747. The Balaban J connectivity index is 1.71. The molecule has 3 rings (SSSR count). The van der Waals surface area contributed by atoms with E-state index in [0.29, 0.717) is 12.8 Å². The first-order valence-electron chi connectivity index (χ1n) is 12.1. The predicted molar refractivity (Wildman–Crippen MR) is 120 cm³/mol. The Morgan fingerprint density at radius 2 is 1.70 bits per heavy atom. The first-order valence-corrected chi connectivity index (χ1v) is 12.1. The van der Waals surface area contributed by atoms with Gasteiger partial charge in [-0.05, 0) is 51.9 Å². The maximum Gasteiger partial charge on any atom is 0.405 e. The van der Waals surface area contributed by atoms with Gasteiger partial charge in [0.1, 0.15) is 6.04 Å². The zero-order valence-electron chi connectivity index (χ0n) is 19.6. The molecule has 33 heavy (non-hydrogen) atoms. The van der Waals surface area contributed by atoms with E-state index in [1.807, 2.05) is 13.8 Å². The number of nitrogens with one attached hydrogen (secondary N) is 4. The molecule has 2 aliphatic carbocycles. The summed E-state index contributed by atoms with van der Waals surface area (Å²) in [6, 6.07) is -1.96. The normalized spacial score (nSPS) is 25.4. The quantitative estimate of drug-likeness (QED) is 0.282. The van der Waals surface area contributed by atoms with E-state index < -0.39 is 47.6 Å². The lowest BCUT2D eigenvalue weighted by Crippen LogP contribution is -2.56. The Kier molecular flexibility index (Phi) is 8.20. The summed E-state index contributed by atoms with van der Waals surface area (Å²) in [5, 5.41) is 30.7. The molecule has 10 heteroatoms. The van der Waals surface area contributed by atoms with Gasteiger partial charge in [0.25, 0.3) is 5.91 Å². The van der Waals surface area contributed by atoms with Gasteiger partial charge in [-0.25, -0.2) is 4.79 Å². The van der Waals surface area contributed by atoms with Crippen LogP contribution in [0.2, 0.25) is 0 Å². The lowest BCUT2D eigenvalue weighted by molar-refractivity contribution is -0.134. The number of hydrogen-bond donors (Lipinski definition) is 6. The van der Waals surface area contributed by atoms with Crippen LogP contribution in [0.3, 0.4) is 0 Å². The topological polar surface area (TPSA) is 157 Å². The van der Waals surface area contributed by atoms with E-state index in [4.69, 9.17) is 0 Å². The smallest absolute Gasteiger partial charge is 0.405 e. The van der Waals surface area contributed by atoms with Crippen molar-refractivity contribution < 1.29 is 29.4 Å². The molecular formula is C23H38N4O6. The summed E-state index contributed by atoms with van der Waals surface area (Å²) in [5.41, 5.74) is -0.411. The average Bonchev–Trinajstić information content (AvgIpc) is 3.50. The molecule has 0 spiro atoms. The summed E-state index contributed by atoms with van der Waals surface area (Å²) in [6.45, 7) is 3.79. The molecule has 0 bridgehead atoms. The van der Waals surface area contributed by atoms with Gasteiger partial charge < -0.3 is 31.5 Å². The van der Waals surface area contributed by atoms with Crippen molar-refractivity contribution in [2.45, 2.75) is 108 Å². The second kappa shape index (κ2) is 10.7. The van der Waals surface area contributed by atoms with Crippen LogP contribution in [0.5, 0.6) is 0 Å². The standard InChI is InChI=1S/C23H38N4O6/c1-23(2)12-14(19(29)27-23)11-16(18(28)21(31)24-15-8-9-15)25-20(30)17(26-22(32)33)10-13-6-4-3-5-7-13/h13-18,26,28H,3-12H2,1-2H3,(H,24,31)(H,25,30)(H,27,29)(H,32,33)/t14?,16?,17-,18?/m0/s1. The van der Waals surface area contributed by atoms with Crippen LogP contribution >= 0.6 is 0 Å². The molecule has 1 heterocycles.